The Hall–Kier alpha value is -1.02. The Bertz CT molecular complexity index is 380. The molecule has 0 saturated carbocycles. The molecule has 0 N–H and O–H groups in total. The van der Waals surface area contributed by atoms with Crippen LogP contribution in [0.25, 0.3) is 0 Å². The van der Waals surface area contributed by atoms with E-state index in [0.717, 1.165) is 0 Å². The van der Waals surface area contributed by atoms with Gasteiger partial charge in [-0.3, -0.25) is 4.79 Å². The van der Waals surface area contributed by atoms with Gasteiger partial charge in [0.1, 0.15) is 5.75 Å². The zero-order valence-corrected chi connectivity index (χ0v) is 10.8. The maximum absolute atomic E-state index is 11.9. The van der Waals surface area contributed by atoms with Crippen LogP contribution in [0.3, 0.4) is 0 Å². The second kappa shape index (κ2) is 4.88. The van der Waals surface area contributed by atoms with E-state index in [4.69, 9.17) is 16.3 Å². The van der Waals surface area contributed by atoms with Crippen molar-refractivity contribution in [2.24, 2.45) is 5.41 Å². The van der Waals surface area contributed by atoms with Crippen LogP contribution in [-0.4, -0.2) is 11.9 Å². The molecule has 88 valence electrons. The fourth-order valence-electron chi connectivity index (χ4n) is 1.41. The van der Waals surface area contributed by atoms with Crippen LogP contribution in [0.2, 0.25) is 5.02 Å². The minimum Gasteiger partial charge on any atom is -0.483 e. The number of hydrogen-bond donors (Lipinski definition) is 0. The molecular weight excluding hydrogens is 224 g/mol. The van der Waals surface area contributed by atoms with E-state index in [-0.39, 0.29) is 5.78 Å². The maximum Gasteiger partial charge on any atom is 0.178 e. The molecule has 16 heavy (non-hydrogen) atoms. The Morgan fingerprint density at radius 3 is 2.50 bits per heavy atom. The molecule has 0 fully saturated rings. The number of ether oxygens (including phenoxy) is 1. The molecule has 1 atom stereocenters. The standard InChI is InChI=1S/C13H17ClO2/c1-9(12(15)13(2,3)4)16-11-7-5-6-10(14)8-11/h5-9H,1-4H3. The van der Waals surface area contributed by atoms with Crippen LogP contribution >= 0.6 is 11.6 Å². The molecule has 0 radical (unpaired) electrons. The largest absolute Gasteiger partial charge is 0.483 e. The van der Waals surface area contributed by atoms with Gasteiger partial charge in [0.05, 0.1) is 0 Å². The van der Waals surface area contributed by atoms with Crippen molar-refractivity contribution in [3.8, 4) is 5.75 Å². The van der Waals surface area contributed by atoms with E-state index in [1.165, 1.54) is 0 Å². The lowest BCUT2D eigenvalue weighted by molar-refractivity contribution is -0.132. The number of carbonyl (C=O) groups excluding carboxylic acids is 1. The van der Waals surface area contributed by atoms with E-state index in [2.05, 4.69) is 0 Å². The summed E-state index contributed by atoms with van der Waals surface area (Å²) in [6.07, 6.45) is -0.460. The van der Waals surface area contributed by atoms with Crippen molar-refractivity contribution in [3.05, 3.63) is 29.3 Å². The summed E-state index contributed by atoms with van der Waals surface area (Å²) in [5, 5.41) is 0.605. The zero-order chi connectivity index (χ0) is 12.3. The highest BCUT2D eigenvalue weighted by Crippen LogP contribution is 2.22. The minimum absolute atomic E-state index is 0.0764. The van der Waals surface area contributed by atoms with E-state index in [0.29, 0.717) is 10.8 Å². The van der Waals surface area contributed by atoms with Crippen molar-refractivity contribution in [1.82, 2.24) is 0 Å². The van der Waals surface area contributed by atoms with E-state index < -0.39 is 11.5 Å². The molecule has 0 aliphatic heterocycles. The summed E-state index contributed by atoms with van der Waals surface area (Å²) in [6, 6.07) is 7.06. The predicted octanol–water partition coefficient (Wildman–Crippen LogP) is 3.72. The number of carbonyl (C=O) groups is 1. The van der Waals surface area contributed by atoms with Gasteiger partial charge in [-0.05, 0) is 25.1 Å². The monoisotopic (exact) mass is 240 g/mol. The zero-order valence-electron chi connectivity index (χ0n) is 10.1. The molecule has 2 nitrogen and oxygen atoms in total. The SMILES string of the molecule is CC(Oc1cccc(Cl)c1)C(=O)C(C)(C)C. The highest BCUT2D eigenvalue weighted by atomic mass is 35.5. The first-order valence-corrected chi connectivity index (χ1v) is 5.65. The van der Waals surface area contributed by atoms with E-state index in [1.54, 1.807) is 31.2 Å². The summed E-state index contributed by atoms with van der Waals surface area (Å²) in [4.78, 5) is 11.9. The summed E-state index contributed by atoms with van der Waals surface area (Å²) in [6.45, 7) is 7.40. The minimum atomic E-state index is -0.460. The Balaban J connectivity index is 2.72. The molecule has 0 spiro atoms. The number of ketones is 1. The Morgan fingerprint density at radius 2 is 2.00 bits per heavy atom. The van der Waals surface area contributed by atoms with Gasteiger partial charge in [-0.2, -0.15) is 0 Å². The third-order valence-corrected chi connectivity index (χ3v) is 2.45. The van der Waals surface area contributed by atoms with Crippen molar-refractivity contribution < 1.29 is 9.53 Å². The molecule has 0 amide bonds. The summed E-state index contributed by atoms with van der Waals surface area (Å²) < 4.78 is 5.55. The summed E-state index contributed by atoms with van der Waals surface area (Å²) in [7, 11) is 0. The van der Waals surface area contributed by atoms with Gasteiger partial charge in [-0.25, -0.2) is 0 Å². The Kier molecular flexibility index (Phi) is 3.98. The maximum atomic E-state index is 11.9. The van der Waals surface area contributed by atoms with Crippen LogP contribution in [0, 0.1) is 5.41 Å². The van der Waals surface area contributed by atoms with Gasteiger partial charge in [-0.1, -0.05) is 38.4 Å². The van der Waals surface area contributed by atoms with E-state index >= 15 is 0 Å². The average molecular weight is 241 g/mol. The highest BCUT2D eigenvalue weighted by Gasteiger charge is 2.27. The summed E-state index contributed by atoms with van der Waals surface area (Å²) in [5.41, 5.74) is -0.391. The van der Waals surface area contributed by atoms with Gasteiger partial charge in [0.25, 0.3) is 0 Å². The fourth-order valence-corrected chi connectivity index (χ4v) is 1.59. The normalized spacial score (nSPS) is 13.3. The molecule has 0 bridgehead atoms. The highest BCUT2D eigenvalue weighted by molar-refractivity contribution is 6.30. The topological polar surface area (TPSA) is 26.3 Å². The fraction of sp³-hybridized carbons (Fsp3) is 0.462. The van der Waals surface area contributed by atoms with Crippen LogP contribution < -0.4 is 4.74 Å². The molecule has 3 heteroatoms. The molecule has 1 aromatic rings. The third-order valence-electron chi connectivity index (χ3n) is 2.22. The predicted molar refractivity (Wildman–Crippen MR) is 66.0 cm³/mol. The van der Waals surface area contributed by atoms with Crippen molar-refractivity contribution >= 4 is 17.4 Å². The molecule has 0 aliphatic rings. The van der Waals surface area contributed by atoms with Crippen LogP contribution in [-0.2, 0) is 4.79 Å². The average Bonchev–Trinajstić information content (AvgIpc) is 2.15. The van der Waals surface area contributed by atoms with Crippen LogP contribution in [0.15, 0.2) is 24.3 Å². The van der Waals surface area contributed by atoms with Gasteiger partial charge in [0.2, 0.25) is 0 Å². The quantitative estimate of drug-likeness (QED) is 0.805. The number of hydrogen-bond acceptors (Lipinski definition) is 2. The van der Waals surface area contributed by atoms with Gasteiger partial charge in [0, 0.05) is 10.4 Å². The van der Waals surface area contributed by atoms with Gasteiger partial charge in [0.15, 0.2) is 11.9 Å². The first kappa shape index (κ1) is 13.0. The number of rotatable bonds is 3. The first-order chi connectivity index (χ1) is 7.30. The Labute approximate surface area is 102 Å². The smallest absolute Gasteiger partial charge is 0.178 e. The van der Waals surface area contributed by atoms with Crippen molar-refractivity contribution in [2.45, 2.75) is 33.8 Å². The van der Waals surface area contributed by atoms with Crippen molar-refractivity contribution in [3.63, 3.8) is 0 Å². The second-order valence-electron chi connectivity index (χ2n) is 4.83. The number of halogens is 1. The van der Waals surface area contributed by atoms with Crippen LogP contribution in [0.4, 0.5) is 0 Å². The van der Waals surface area contributed by atoms with E-state index in [1.807, 2.05) is 20.8 Å². The molecular formula is C13H17ClO2. The molecule has 1 unspecified atom stereocenters. The van der Waals surface area contributed by atoms with Crippen molar-refractivity contribution in [2.75, 3.05) is 0 Å². The lowest BCUT2D eigenvalue weighted by atomic mass is 9.88. The summed E-state index contributed by atoms with van der Waals surface area (Å²) >= 11 is 5.83. The third kappa shape index (κ3) is 3.53. The molecule has 0 aliphatic carbocycles. The van der Waals surface area contributed by atoms with Gasteiger partial charge < -0.3 is 4.74 Å². The summed E-state index contributed by atoms with van der Waals surface area (Å²) in [5.74, 6) is 0.699. The molecule has 0 heterocycles. The number of benzene rings is 1. The van der Waals surface area contributed by atoms with Crippen LogP contribution in [0.5, 0.6) is 5.75 Å². The van der Waals surface area contributed by atoms with Crippen molar-refractivity contribution in [1.29, 1.82) is 0 Å². The molecule has 1 aromatic carbocycles. The second-order valence-corrected chi connectivity index (χ2v) is 5.27. The van der Waals surface area contributed by atoms with Gasteiger partial charge in [-0.15, -0.1) is 0 Å². The van der Waals surface area contributed by atoms with Gasteiger partial charge >= 0.3 is 0 Å². The Morgan fingerprint density at radius 1 is 1.38 bits per heavy atom. The van der Waals surface area contributed by atoms with E-state index in [9.17, 15) is 4.79 Å². The lowest BCUT2D eigenvalue weighted by Gasteiger charge is -2.22. The van der Waals surface area contributed by atoms with Crippen LogP contribution in [0.1, 0.15) is 27.7 Å². The molecule has 0 aromatic heterocycles. The molecule has 0 saturated heterocycles. The lowest BCUT2D eigenvalue weighted by Crippen LogP contribution is -2.34. The molecule has 1 rings (SSSR count). The number of Topliss-reactive ketones (excluding diaryl/α,β-unsaturated/α-hetero) is 1. The first-order valence-electron chi connectivity index (χ1n) is 5.27.